The normalized spacial score (nSPS) is 10.9. The number of rotatable bonds is 6. The highest BCUT2D eigenvalue weighted by molar-refractivity contribution is 5.79. The van der Waals surface area contributed by atoms with Crippen molar-refractivity contribution < 1.29 is 4.79 Å². The van der Waals surface area contributed by atoms with Gasteiger partial charge in [0, 0.05) is 22.6 Å². The van der Waals surface area contributed by atoms with Gasteiger partial charge in [-0.1, -0.05) is 83.9 Å². The second-order valence-corrected chi connectivity index (χ2v) is 7.72. The van der Waals surface area contributed by atoms with Gasteiger partial charge in [0.05, 0.1) is 0 Å². The third kappa shape index (κ3) is 4.99. The second-order valence-electron chi connectivity index (χ2n) is 7.72. The molecule has 152 valence electrons. The molecule has 4 aromatic carbocycles. The Morgan fingerprint density at radius 1 is 0.484 bits per heavy atom. The third-order valence-electron chi connectivity index (χ3n) is 5.28. The highest BCUT2D eigenvalue weighted by atomic mass is 16.1. The van der Waals surface area contributed by atoms with Crippen molar-refractivity contribution >= 4 is 35.5 Å². The first-order valence-corrected chi connectivity index (χ1v) is 10.4. The van der Waals surface area contributed by atoms with Gasteiger partial charge in [0.1, 0.15) is 6.29 Å². The number of benzene rings is 4. The number of carbonyl (C=O) groups excluding carboxylic acids is 1. The number of aryl methyl sites for hydroxylation is 2. The fourth-order valence-electron chi connectivity index (χ4n) is 3.45. The maximum Gasteiger partial charge on any atom is 0.150 e. The highest BCUT2D eigenvalue weighted by Gasteiger charge is 2.12. The molecule has 0 saturated carbocycles. The zero-order chi connectivity index (χ0) is 21.6. The van der Waals surface area contributed by atoms with Crippen LogP contribution in [0, 0.1) is 13.8 Å². The number of hydrogen-bond acceptors (Lipinski definition) is 2. The first-order valence-electron chi connectivity index (χ1n) is 10.4. The van der Waals surface area contributed by atoms with Crippen molar-refractivity contribution in [1.82, 2.24) is 0 Å². The smallest absolute Gasteiger partial charge is 0.150 e. The van der Waals surface area contributed by atoms with Gasteiger partial charge in [0.15, 0.2) is 0 Å². The molecule has 0 aliphatic heterocycles. The number of anilines is 3. The first-order chi connectivity index (χ1) is 15.1. The van der Waals surface area contributed by atoms with Gasteiger partial charge in [0.25, 0.3) is 0 Å². The highest BCUT2D eigenvalue weighted by Crippen LogP contribution is 2.34. The van der Waals surface area contributed by atoms with Crippen LogP contribution in [0.2, 0.25) is 0 Å². The van der Waals surface area contributed by atoms with E-state index in [0.717, 1.165) is 34.5 Å². The maximum atomic E-state index is 10.8. The Hall–Kier alpha value is -3.91. The Labute approximate surface area is 184 Å². The minimum absolute atomic E-state index is 0.689. The van der Waals surface area contributed by atoms with E-state index in [1.807, 2.05) is 24.3 Å². The van der Waals surface area contributed by atoms with Gasteiger partial charge in [-0.15, -0.1) is 0 Å². The van der Waals surface area contributed by atoms with E-state index >= 15 is 0 Å². The standard InChI is InChI=1S/C29H25NO/c1-22-3-15-27(16-4-22)30(28-17-5-23(2)6-18-28)29-19-13-25(14-20-29)8-7-24-9-11-26(21-31)12-10-24/h3-21H,1-2H3/b8-7+. The molecule has 0 heterocycles. The van der Waals surface area contributed by atoms with Crippen LogP contribution in [0.5, 0.6) is 0 Å². The molecule has 0 bridgehead atoms. The van der Waals surface area contributed by atoms with Gasteiger partial charge in [-0.2, -0.15) is 0 Å². The van der Waals surface area contributed by atoms with Crippen molar-refractivity contribution in [3.8, 4) is 0 Å². The van der Waals surface area contributed by atoms with Gasteiger partial charge in [0.2, 0.25) is 0 Å². The molecule has 0 aromatic heterocycles. The Morgan fingerprint density at radius 3 is 1.19 bits per heavy atom. The topological polar surface area (TPSA) is 20.3 Å². The van der Waals surface area contributed by atoms with Crippen molar-refractivity contribution in [1.29, 1.82) is 0 Å². The first kappa shape index (κ1) is 20.4. The molecule has 4 rings (SSSR count). The van der Waals surface area contributed by atoms with Crippen LogP contribution in [-0.4, -0.2) is 6.29 Å². The summed E-state index contributed by atoms with van der Waals surface area (Å²) >= 11 is 0. The van der Waals surface area contributed by atoms with Gasteiger partial charge in [-0.25, -0.2) is 0 Å². The summed E-state index contributed by atoms with van der Waals surface area (Å²) < 4.78 is 0. The van der Waals surface area contributed by atoms with Crippen LogP contribution >= 0.6 is 0 Å². The Kier molecular flexibility index (Phi) is 6.09. The summed E-state index contributed by atoms with van der Waals surface area (Å²) in [7, 11) is 0. The summed E-state index contributed by atoms with van der Waals surface area (Å²) in [6, 6.07) is 33.3. The molecule has 2 heteroatoms. The van der Waals surface area contributed by atoms with Gasteiger partial charge in [-0.3, -0.25) is 4.79 Å². The largest absolute Gasteiger partial charge is 0.311 e. The Morgan fingerprint density at radius 2 is 0.806 bits per heavy atom. The van der Waals surface area contributed by atoms with Crippen molar-refractivity contribution in [3.63, 3.8) is 0 Å². The van der Waals surface area contributed by atoms with Gasteiger partial charge >= 0.3 is 0 Å². The fraction of sp³-hybridized carbons (Fsp3) is 0.0690. The molecule has 31 heavy (non-hydrogen) atoms. The molecule has 0 radical (unpaired) electrons. The summed E-state index contributed by atoms with van der Waals surface area (Å²) in [5.74, 6) is 0. The summed E-state index contributed by atoms with van der Waals surface area (Å²) in [6.07, 6.45) is 5.00. The van der Waals surface area contributed by atoms with E-state index in [1.54, 1.807) is 0 Å². The van der Waals surface area contributed by atoms with E-state index in [2.05, 4.69) is 104 Å². The Bertz CT molecular complexity index is 1120. The zero-order valence-electron chi connectivity index (χ0n) is 17.8. The van der Waals surface area contributed by atoms with E-state index in [9.17, 15) is 4.79 Å². The number of hydrogen-bond donors (Lipinski definition) is 0. The molecule has 0 aliphatic rings. The zero-order valence-corrected chi connectivity index (χ0v) is 17.8. The maximum absolute atomic E-state index is 10.8. The van der Waals surface area contributed by atoms with E-state index in [4.69, 9.17) is 0 Å². The summed E-state index contributed by atoms with van der Waals surface area (Å²) in [5, 5.41) is 0. The van der Waals surface area contributed by atoms with Crippen LogP contribution in [0.1, 0.15) is 32.6 Å². The molecule has 0 saturated heterocycles. The monoisotopic (exact) mass is 403 g/mol. The Balaban J connectivity index is 1.62. The summed E-state index contributed by atoms with van der Waals surface area (Å²) in [4.78, 5) is 13.1. The van der Waals surface area contributed by atoms with E-state index < -0.39 is 0 Å². The predicted molar refractivity (Wildman–Crippen MR) is 131 cm³/mol. The minimum atomic E-state index is 0.689. The lowest BCUT2D eigenvalue weighted by Crippen LogP contribution is -2.09. The molecule has 0 aliphatic carbocycles. The molecule has 0 fully saturated rings. The lowest BCUT2D eigenvalue weighted by molar-refractivity contribution is 0.112. The quantitative estimate of drug-likeness (QED) is 0.242. The van der Waals surface area contributed by atoms with Crippen LogP contribution in [0.3, 0.4) is 0 Å². The fourth-order valence-corrected chi connectivity index (χ4v) is 3.45. The van der Waals surface area contributed by atoms with E-state index in [-0.39, 0.29) is 0 Å². The van der Waals surface area contributed by atoms with Crippen LogP contribution < -0.4 is 4.90 Å². The van der Waals surface area contributed by atoms with Gasteiger partial charge < -0.3 is 4.90 Å². The SMILES string of the molecule is Cc1ccc(N(c2ccc(C)cc2)c2ccc(/C=C/c3ccc(C=O)cc3)cc2)cc1. The van der Waals surface area contributed by atoms with Crippen LogP contribution in [0.25, 0.3) is 12.2 Å². The van der Waals surface area contributed by atoms with Crippen LogP contribution in [0.4, 0.5) is 17.1 Å². The lowest BCUT2D eigenvalue weighted by Gasteiger charge is -2.25. The predicted octanol–water partition coefficient (Wildman–Crippen LogP) is 7.76. The summed E-state index contributed by atoms with van der Waals surface area (Å²) in [6.45, 7) is 4.21. The minimum Gasteiger partial charge on any atom is -0.311 e. The second kappa shape index (κ2) is 9.27. The number of aldehydes is 1. The molecule has 0 N–H and O–H groups in total. The molecule has 2 nitrogen and oxygen atoms in total. The number of nitrogens with zero attached hydrogens (tertiary/aromatic N) is 1. The molecule has 0 atom stereocenters. The summed E-state index contributed by atoms with van der Waals surface area (Å²) in [5.41, 5.74) is 8.74. The molecular formula is C29H25NO. The van der Waals surface area contributed by atoms with Crippen molar-refractivity contribution in [2.24, 2.45) is 0 Å². The van der Waals surface area contributed by atoms with Crippen molar-refractivity contribution in [3.05, 3.63) is 125 Å². The lowest BCUT2D eigenvalue weighted by atomic mass is 10.1. The van der Waals surface area contributed by atoms with Crippen molar-refractivity contribution in [2.75, 3.05) is 4.90 Å². The molecule has 0 amide bonds. The molecule has 0 unspecified atom stereocenters. The van der Waals surface area contributed by atoms with Gasteiger partial charge in [-0.05, 0) is 61.4 Å². The number of carbonyl (C=O) groups is 1. The van der Waals surface area contributed by atoms with E-state index in [1.165, 1.54) is 11.1 Å². The third-order valence-corrected chi connectivity index (χ3v) is 5.28. The molecule has 0 spiro atoms. The van der Waals surface area contributed by atoms with Crippen molar-refractivity contribution in [2.45, 2.75) is 13.8 Å². The van der Waals surface area contributed by atoms with Crippen LogP contribution in [-0.2, 0) is 0 Å². The van der Waals surface area contributed by atoms with E-state index in [0.29, 0.717) is 5.56 Å². The molecule has 4 aromatic rings. The van der Waals surface area contributed by atoms with Crippen LogP contribution in [0.15, 0.2) is 97.1 Å². The average molecular weight is 404 g/mol. The average Bonchev–Trinajstić information content (AvgIpc) is 2.81. The molecular weight excluding hydrogens is 378 g/mol.